The fourth-order valence-corrected chi connectivity index (χ4v) is 4.50. The summed E-state index contributed by atoms with van der Waals surface area (Å²) < 4.78 is 0. The molecule has 1 aromatic carbocycles. The molecule has 2 heterocycles. The van der Waals surface area contributed by atoms with E-state index in [4.69, 9.17) is 0 Å². The van der Waals surface area contributed by atoms with Crippen LogP contribution in [0.3, 0.4) is 0 Å². The standard InChI is InChI=1S/C19H24N2O/c1-12-11-16-15-9-5-6-10-17(15)20-18(16)13(2)21(12)19(22)14-7-3-4-8-14/h5-6,9-10,12-14,20H,3-4,7-8,11H2,1-2H3/t12-,13-/m1/s1. The quantitative estimate of drug-likeness (QED) is 0.841. The Kier molecular flexibility index (Phi) is 3.24. The largest absolute Gasteiger partial charge is 0.356 e. The van der Waals surface area contributed by atoms with Gasteiger partial charge in [-0.15, -0.1) is 0 Å². The molecular formula is C19H24N2O. The fraction of sp³-hybridized carbons (Fsp3) is 0.526. The minimum absolute atomic E-state index is 0.152. The third-order valence-electron chi connectivity index (χ3n) is 5.61. The zero-order valence-corrected chi connectivity index (χ0v) is 13.4. The van der Waals surface area contributed by atoms with Crippen LogP contribution in [0.2, 0.25) is 0 Å². The van der Waals surface area contributed by atoms with Crippen molar-refractivity contribution in [1.82, 2.24) is 9.88 Å². The monoisotopic (exact) mass is 296 g/mol. The SMILES string of the molecule is C[C@@H]1Cc2c([nH]c3ccccc23)[C@@H](C)N1C(=O)C1CCCC1. The van der Waals surface area contributed by atoms with Gasteiger partial charge in [0.15, 0.2) is 0 Å². The predicted octanol–water partition coefficient (Wildman–Crippen LogP) is 4.19. The second-order valence-corrected chi connectivity index (χ2v) is 7.02. The molecule has 1 aliphatic heterocycles. The number of benzene rings is 1. The number of carbonyl (C=O) groups excluding carboxylic acids is 1. The number of fused-ring (bicyclic) bond motifs is 3. The van der Waals surface area contributed by atoms with Crippen LogP contribution < -0.4 is 0 Å². The van der Waals surface area contributed by atoms with Gasteiger partial charge in [0.2, 0.25) is 5.91 Å². The first kappa shape index (κ1) is 13.9. The van der Waals surface area contributed by atoms with Gasteiger partial charge in [0.1, 0.15) is 0 Å². The van der Waals surface area contributed by atoms with E-state index in [-0.39, 0.29) is 18.0 Å². The highest BCUT2D eigenvalue weighted by Crippen LogP contribution is 2.39. The minimum atomic E-state index is 0.152. The van der Waals surface area contributed by atoms with Gasteiger partial charge in [-0.2, -0.15) is 0 Å². The Labute approximate surface area is 131 Å². The highest BCUT2D eigenvalue weighted by atomic mass is 16.2. The number of carbonyl (C=O) groups is 1. The summed E-state index contributed by atoms with van der Waals surface area (Å²) in [5, 5.41) is 1.32. The topological polar surface area (TPSA) is 36.1 Å². The van der Waals surface area contributed by atoms with Crippen LogP contribution in [-0.4, -0.2) is 21.8 Å². The van der Waals surface area contributed by atoms with Crippen molar-refractivity contribution in [2.24, 2.45) is 5.92 Å². The lowest BCUT2D eigenvalue weighted by Gasteiger charge is -2.40. The van der Waals surface area contributed by atoms with E-state index in [9.17, 15) is 4.79 Å². The van der Waals surface area contributed by atoms with E-state index in [2.05, 4.69) is 48.0 Å². The molecule has 22 heavy (non-hydrogen) atoms. The van der Waals surface area contributed by atoms with E-state index in [1.807, 2.05) is 0 Å². The summed E-state index contributed by atoms with van der Waals surface area (Å²) in [5.41, 5.74) is 3.85. The lowest BCUT2D eigenvalue weighted by atomic mass is 9.91. The molecule has 0 bridgehead atoms. The van der Waals surface area contributed by atoms with Crippen LogP contribution >= 0.6 is 0 Å². The number of rotatable bonds is 1. The fourth-order valence-electron chi connectivity index (χ4n) is 4.50. The minimum Gasteiger partial charge on any atom is -0.356 e. The van der Waals surface area contributed by atoms with Crippen molar-refractivity contribution in [3.63, 3.8) is 0 Å². The summed E-state index contributed by atoms with van der Waals surface area (Å²) in [6.45, 7) is 4.38. The number of nitrogens with zero attached hydrogens (tertiary/aromatic N) is 1. The molecule has 1 aromatic heterocycles. The number of aromatic amines is 1. The molecular weight excluding hydrogens is 272 g/mol. The van der Waals surface area contributed by atoms with Gasteiger partial charge < -0.3 is 9.88 Å². The summed E-state index contributed by atoms with van der Waals surface area (Å²) in [6.07, 6.45) is 5.54. The molecule has 0 unspecified atom stereocenters. The molecule has 2 aliphatic rings. The Hall–Kier alpha value is -1.77. The first-order chi connectivity index (χ1) is 10.7. The molecule has 4 rings (SSSR count). The molecule has 0 spiro atoms. The second kappa shape index (κ2) is 5.15. The third kappa shape index (κ3) is 1.98. The van der Waals surface area contributed by atoms with Crippen molar-refractivity contribution in [1.29, 1.82) is 0 Å². The number of aromatic nitrogens is 1. The van der Waals surface area contributed by atoms with Crippen LogP contribution in [0.5, 0.6) is 0 Å². The summed E-state index contributed by atoms with van der Waals surface area (Å²) >= 11 is 0. The average molecular weight is 296 g/mol. The second-order valence-electron chi connectivity index (χ2n) is 7.02. The molecule has 1 N–H and O–H groups in total. The Morgan fingerprint density at radius 1 is 1.18 bits per heavy atom. The zero-order chi connectivity index (χ0) is 15.3. The highest BCUT2D eigenvalue weighted by molar-refractivity contribution is 5.86. The van der Waals surface area contributed by atoms with Gasteiger partial charge in [0.25, 0.3) is 0 Å². The normalized spacial score (nSPS) is 25.6. The third-order valence-corrected chi connectivity index (χ3v) is 5.61. The van der Waals surface area contributed by atoms with Gasteiger partial charge in [0, 0.05) is 28.6 Å². The first-order valence-corrected chi connectivity index (χ1v) is 8.58. The van der Waals surface area contributed by atoms with Gasteiger partial charge in [-0.25, -0.2) is 0 Å². The molecule has 1 fully saturated rings. The molecule has 2 aromatic rings. The lowest BCUT2D eigenvalue weighted by Crippen LogP contribution is -2.47. The van der Waals surface area contributed by atoms with E-state index in [1.165, 1.54) is 35.0 Å². The van der Waals surface area contributed by atoms with E-state index < -0.39 is 0 Å². The summed E-state index contributed by atoms with van der Waals surface area (Å²) in [5.74, 6) is 0.637. The van der Waals surface area contributed by atoms with Crippen LogP contribution in [0.4, 0.5) is 0 Å². The molecule has 1 saturated carbocycles. The number of nitrogens with one attached hydrogen (secondary N) is 1. The van der Waals surface area contributed by atoms with Crippen LogP contribution in [-0.2, 0) is 11.2 Å². The van der Waals surface area contributed by atoms with E-state index in [1.54, 1.807) is 0 Å². The maximum absolute atomic E-state index is 13.0. The van der Waals surface area contributed by atoms with Crippen molar-refractivity contribution in [2.45, 2.75) is 58.0 Å². The summed E-state index contributed by atoms with van der Waals surface area (Å²) in [7, 11) is 0. The smallest absolute Gasteiger partial charge is 0.226 e. The van der Waals surface area contributed by atoms with Crippen molar-refractivity contribution in [3.05, 3.63) is 35.5 Å². The highest BCUT2D eigenvalue weighted by Gasteiger charge is 2.38. The van der Waals surface area contributed by atoms with E-state index >= 15 is 0 Å². The first-order valence-electron chi connectivity index (χ1n) is 8.58. The number of amides is 1. The molecule has 116 valence electrons. The molecule has 1 amide bonds. The van der Waals surface area contributed by atoms with Crippen LogP contribution in [0.15, 0.2) is 24.3 Å². The molecule has 0 radical (unpaired) electrons. The van der Waals surface area contributed by atoms with Crippen LogP contribution in [0, 0.1) is 5.92 Å². The van der Waals surface area contributed by atoms with Crippen LogP contribution in [0.1, 0.15) is 56.8 Å². The Bertz CT molecular complexity index is 711. The maximum atomic E-state index is 13.0. The number of para-hydroxylation sites is 1. The zero-order valence-electron chi connectivity index (χ0n) is 13.4. The maximum Gasteiger partial charge on any atom is 0.226 e. The molecule has 1 aliphatic carbocycles. The van der Waals surface area contributed by atoms with Gasteiger partial charge in [0.05, 0.1) is 6.04 Å². The van der Waals surface area contributed by atoms with Gasteiger partial charge in [-0.3, -0.25) is 4.79 Å². The Morgan fingerprint density at radius 3 is 2.68 bits per heavy atom. The van der Waals surface area contributed by atoms with Gasteiger partial charge in [-0.1, -0.05) is 31.0 Å². The average Bonchev–Trinajstić information content (AvgIpc) is 3.15. The number of H-pyrrole nitrogens is 1. The van der Waals surface area contributed by atoms with Crippen LogP contribution in [0.25, 0.3) is 10.9 Å². The van der Waals surface area contributed by atoms with E-state index in [0.717, 1.165) is 19.3 Å². The van der Waals surface area contributed by atoms with Crippen molar-refractivity contribution in [3.8, 4) is 0 Å². The van der Waals surface area contributed by atoms with Crippen molar-refractivity contribution in [2.75, 3.05) is 0 Å². The Morgan fingerprint density at radius 2 is 1.91 bits per heavy atom. The van der Waals surface area contributed by atoms with Gasteiger partial charge in [-0.05, 0) is 44.7 Å². The summed E-state index contributed by atoms with van der Waals surface area (Å²) in [6, 6.07) is 8.93. The lowest BCUT2D eigenvalue weighted by molar-refractivity contribution is -0.140. The Balaban J connectivity index is 1.73. The molecule has 3 nitrogen and oxygen atoms in total. The number of hydrogen-bond donors (Lipinski definition) is 1. The van der Waals surface area contributed by atoms with Gasteiger partial charge >= 0.3 is 0 Å². The van der Waals surface area contributed by atoms with Crippen molar-refractivity contribution < 1.29 is 4.79 Å². The molecule has 0 saturated heterocycles. The predicted molar refractivity (Wildman–Crippen MR) is 88.7 cm³/mol. The van der Waals surface area contributed by atoms with Crippen molar-refractivity contribution >= 4 is 16.8 Å². The molecule has 2 atom stereocenters. The number of hydrogen-bond acceptors (Lipinski definition) is 1. The van der Waals surface area contributed by atoms with E-state index in [0.29, 0.717) is 5.91 Å². The molecule has 3 heteroatoms. The summed E-state index contributed by atoms with van der Waals surface area (Å²) in [4.78, 5) is 18.7.